The molecule has 0 radical (unpaired) electrons. The second kappa shape index (κ2) is 6.31. The van der Waals surface area contributed by atoms with E-state index in [1.165, 1.54) is 36.7 Å². The number of aliphatic imine (C=N–C) groups is 1. The lowest BCUT2D eigenvalue weighted by atomic mass is 10.2. The van der Waals surface area contributed by atoms with E-state index in [1.54, 1.807) is 18.2 Å². The van der Waals surface area contributed by atoms with Crippen molar-refractivity contribution < 1.29 is 9.72 Å². The van der Waals surface area contributed by atoms with Crippen LogP contribution in [0.15, 0.2) is 34.2 Å². The van der Waals surface area contributed by atoms with Gasteiger partial charge in [0.05, 0.1) is 15.9 Å². The molecule has 0 bridgehead atoms. The lowest BCUT2D eigenvalue weighted by molar-refractivity contribution is -0.384. The number of hydrogen-bond acceptors (Lipinski definition) is 5. The van der Waals surface area contributed by atoms with Crippen molar-refractivity contribution in [3.63, 3.8) is 0 Å². The predicted molar refractivity (Wildman–Crippen MR) is 86.5 cm³/mol. The standard InChI is InChI=1S/C15H15N3O3S/c19-14-13(9-10-4-3-7-12(8-10)18(20)21)22-15(17-14)16-11-5-1-2-6-11/h3-4,7-9,11H,1-2,5-6H2,(H,16,17,19)/b13-9-. The minimum Gasteiger partial charge on any atom is -0.301 e. The lowest BCUT2D eigenvalue weighted by Gasteiger charge is -2.02. The first kappa shape index (κ1) is 14.8. The molecule has 1 aliphatic carbocycles. The Balaban J connectivity index is 1.78. The highest BCUT2D eigenvalue weighted by atomic mass is 32.2. The van der Waals surface area contributed by atoms with E-state index in [2.05, 4.69) is 10.3 Å². The van der Waals surface area contributed by atoms with Crippen LogP contribution in [0.25, 0.3) is 6.08 Å². The number of thioether (sulfide) groups is 1. The van der Waals surface area contributed by atoms with Gasteiger partial charge in [-0.15, -0.1) is 0 Å². The van der Waals surface area contributed by atoms with E-state index < -0.39 is 4.92 Å². The number of rotatable bonds is 3. The average Bonchev–Trinajstić information content (AvgIpc) is 3.10. The van der Waals surface area contributed by atoms with E-state index in [4.69, 9.17) is 0 Å². The highest BCUT2D eigenvalue weighted by molar-refractivity contribution is 8.18. The summed E-state index contributed by atoms with van der Waals surface area (Å²) in [4.78, 5) is 27.4. The first-order valence-electron chi connectivity index (χ1n) is 7.15. The highest BCUT2D eigenvalue weighted by Crippen LogP contribution is 2.29. The third-order valence-corrected chi connectivity index (χ3v) is 4.58. The van der Waals surface area contributed by atoms with Crippen LogP contribution < -0.4 is 5.32 Å². The van der Waals surface area contributed by atoms with Crippen LogP contribution in [-0.4, -0.2) is 22.0 Å². The smallest absolute Gasteiger partial charge is 0.270 e. The number of nitro benzene ring substituents is 1. The lowest BCUT2D eigenvalue weighted by Crippen LogP contribution is -2.21. The van der Waals surface area contributed by atoms with Crippen molar-refractivity contribution in [1.82, 2.24) is 5.32 Å². The molecule has 6 nitrogen and oxygen atoms in total. The Labute approximate surface area is 131 Å². The van der Waals surface area contributed by atoms with Crippen LogP contribution in [0.2, 0.25) is 0 Å². The number of hydrogen-bond donors (Lipinski definition) is 1. The summed E-state index contributed by atoms with van der Waals surface area (Å²) in [5, 5.41) is 14.2. The quantitative estimate of drug-likeness (QED) is 0.527. The molecule has 0 spiro atoms. The van der Waals surface area contributed by atoms with Gasteiger partial charge < -0.3 is 5.32 Å². The summed E-state index contributed by atoms with van der Waals surface area (Å²) in [7, 11) is 0. The van der Waals surface area contributed by atoms with E-state index in [1.807, 2.05) is 0 Å². The number of nitrogens with one attached hydrogen (secondary N) is 1. The predicted octanol–water partition coefficient (Wildman–Crippen LogP) is 3.10. The maximum atomic E-state index is 12.0. The third kappa shape index (κ3) is 3.36. The average molecular weight is 317 g/mol. The topological polar surface area (TPSA) is 84.6 Å². The van der Waals surface area contributed by atoms with Crippen LogP contribution >= 0.6 is 11.8 Å². The van der Waals surface area contributed by atoms with Gasteiger partial charge in [0.25, 0.3) is 11.6 Å². The number of carbonyl (C=O) groups is 1. The number of nitrogens with zero attached hydrogens (tertiary/aromatic N) is 2. The summed E-state index contributed by atoms with van der Waals surface area (Å²) in [6, 6.07) is 6.53. The van der Waals surface area contributed by atoms with Crippen LogP contribution in [0.4, 0.5) is 5.69 Å². The third-order valence-electron chi connectivity index (χ3n) is 3.65. The number of benzene rings is 1. The van der Waals surface area contributed by atoms with E-state index in [0.717, 1.165) is 12.8 Å². The van der Waals surface area contributed by atoms with Crippen LogP contribution in [0.5, 0.6) is 0 Å². The molecule has 0 unspecified atom stereocenters. The minimum absolute atomic E-state index is 0.0117. The fourth-order valence-corrected chi connectivity index (χ4v) is 3.46. The molecule has 2 aliphatic rings. The highest BCUT2D eigenvalue weighted by Gasteiger charge is 2.25. The molecule has 7 heteroatoms. The summed E-state index contributed by atoms with van der Waals surface area (Å²) in [6.45, 7) is 0. The van der Waals surface area contributed by atoms with Crippen LogP contribution in [-0.2, 0) is 4.79 Å². The molecule has 1 heterocycles. The first-order valence-corrected chi connectivity index (χ1v) is 7.96. The largest absolute Gasteiger partial charge is 0.301 e. The Morgan fingerprint density at radius 3 is 2.86 bits per heavy atom. The molecule has 3 rings (SSSR count). The summed E-state index contributed by atoms with van der Waals surface area (Å²) in [6.07, 6.45) is 6.19. The Morgan fingerprint density at radius 2 is 2.14 bits per heavy atom. The molecule has 114 valence electrons. The van der Waals surface area contributed by atoms with Crippen molar-refractivity contribution >= 4 is 34.6 Å². The number of nitro groups is 1. The number of carbonyl (C=O) groups excluding carboxylic acids is 1. The van der Waals surface area contributed by atoms with Gasteiger partial charge in [0.1, 0.15) is 0 Å². The van der Waals surface area contributed by atoms with Gasteiger partial charge >= 0.3 is 0 Å². The molecular formula is C15H15N3O3S. The monoisotopic (exact) mass is 317 g/mol. The van der Waals surface area contributed by atoms with Crippen molar-refractivity contribution in [1.29, 1.82) is 0 Å². The molecular weight excluding hydrogens is 302 g/mol. The molecule has 0 atom stereocenters. The molecule has 1 saturated heterocycles. The second-order valence-corrected chi connectivity index (χ2v) is 6.32. The fraction of sp³-hybridized carbons (Fsp3) is 0.333. The van der Waals surface area contributed by atoms with Gasteiger partial charge in [0, 0.05) is 12.1 Å². The second-order valence-electron chi connectivity index (χ2n) is 5.29. The van der Waals surface area contributed by atoms with Gasteiger partial charge in [0.2, 0.25) is 0 Å². The van der Waals surface area contributed by atoms with Gasteiger partial charge in [0.15, 0.2) is 5.17 Å². The Bertz CT molecular complexity index is 678. The minimum atomic E-state index is -0.448. The molecule has 1 aromatic carbocycles. The summed E-state index contributed by atoms with van der Waals surface area (Å²) < 4.78 is 0. The molecule has 1 saturated carbocycles. The fourth-order valence-electron chi connectivity index (χ4n) is 2.57. The summed E-state index contributed by atoms with van der Waals surface area (Å²) in [5.41, 5.74) is 0.645. The Hall–Kier alpha value is -2.15. The Morgan fingerprint density at radius 1 is 1.36 bits per heavy atom. The van der Waals surface area contributed by atoms with Gasteiger partial charge in [-0.1, -0.05) is 25.0 Å². The van der Waals surface area contributed by atoms with E-state index >= 15 is 0 Å². The zero-order chi connectivity index (χ0) is 15.5. The van der Waals surface area contributed by atoms with E-state index in [-0.39, 0.29) is 11.6 Å². The van der Waals surface area contributed by atoms with Crippen molar-refractivity contribution in [2.24, 2.45) is 4.99 Å². The number of amides is 1. The molecule has 1 aliphatic heterocycles. The van der Waals surface area contributed by atoms with Crippen molar-refractivity contribution in [2.45, 2.75) is 31.7 Å². The van der Waals surface area contributed by atoms with Crippen molar-refractivity contribution in [3.05, 3.63) is 44.8 Å². The molecule has 0 aromatic heterocycles. The maximum Gasteiger partial charge on any atom is 0.270 e. The van der Waals surface area contributed by atoms with Gasteiger partial charge in [-0.25, -0.2) is 0 Å². The van der Waals surface area contributed by atoms with Gasteiger partial charge in [-0.2, -0.15) is 0 Å². The molecule has 22 heavy (non-hydrogen) atoms. The zero-order valence-corrected chi connectivity index (χ0v) is 12.6. The van der Waals surface area contributed by atoms with E-state index in [0.29, 0.717) is 21.7 Å². The van der Waals surface area contributed by atoms with Crippen LogP contribution in [0, 0.1) is 10.1 Å². The maximum absolute atomic E-state index is 12.0. The van der Waals surface area contributed by atoms with Crippen LogP contribution in [0.1, 0.15) is 31.2 Å². The first-order chi connectivity index (χ1) is 10.6. The molecule has 1 N–H and O–H groups in total. The van der Waals surface area contributed by atoms with Crippen molar-refractivity contribution in [2.75, 3.05) is 0 Å². The van der Waals surface area contributed by atoms with Crippen molar-refractivity contribution in [3.8, 4) is 0 Å². The Kier molecular flexibility index (Phi) is 4.24. The normalized spacial score (nSPS) is 22.5. The molecule has 1 amide bonds. The van der Waals surface area contributed by atoms with Gasteiger partial charge in [-0.3, -0.25) is 19.9 Å². The number of amidine groups is 1. The molecule has 1 aromatic rings. The van der Waals surface area contributed by atoms with Gasteiger partial charge in [-0.05, 0) is 36.2 Å². The summed E-state index contributed by atoms with van der Waals surface area (Å²) in [5.74, 6) is -0.201. The van der Waals surface area contributed by atoms with Crippen LogP contribution in [0.3, 0.4) is 0 Å². The SMILES string of the molecule is O=C1NC(=NC2CCCC2)S/C1=C\c1cccc([N+](=O)[O-])c1. The van der Waals surface area contributed by atoms with E-state index in [9.17, 15) is 14.9 Å². The summed E-state index contributed by atoms with van der Waals surface area (Å²) >= 11 is 1.30. The molecule has 2 fully saturated rings. The zero-order valence-electron chi connectivity index (χ0n) is 11.8. The number of non-ortho nitro benzene ring substituents is 1.